The van der Waals surface area contributed by atoms with Crippen LogP contribution >= 0.6 is 0 Å². The molecule has 0 aliphatic heterocycles. The average molecular weight is 358 g/mol. The van der Waals surface area contributed by atoms with Gasteiger partial charge in [-0.1, -0.05) is 18.2 Å². The van der Waals surface area contributed by atoms with E-state index in [0.717, 1.165) is 48.9 Å². The van der Waals surface area contributed by atoms with E-state index in [2.05, 4.69) is 20.1 Å². The molecule has 0 radical (unpaired) electrons. The molecule has 1 fully saturated rings. The number of nitrogens with one attached hydrogen (secondary N) is 1. The predicted octanol–water partition coefficient (Wildman–Crippen LogP) is 3.63. The summed E-state index contributed by atoms with van der Waals surface area (Å²) in [5.74, 6) is 0.155. The molecule has 2 aromatic heterocycles. The van der Waals surface area contributed by atoms with Crippen LogP contribution in [0, 0.1) is 0 Å². The summed E-state index contributed by atoms with van der Waals surface area (Å²) >= 11 is 0. The minimum Gasteiger partial charge on any atom is -0.332 e. The highest BCUT2D eigenvalue weighted by atomic mass is 16.2. The summed E-state index contributed by atoms with van der Waals surface area (Å²) in [5, 5.41) is 7.25. The van der Waals surface area contributed by atoms with Crippen molar-refractivity contribution in [3.05, 3.63) is 71.7 Å². The van der Waals surface area contributed by atoms with E-state index in [0.29, 0.717) is 6.04 Å². The van der Waals surface area contributed by atoms with Gasteiger partial charge in [0.1, 0.15) is 0 Å². The van der Waals surface area contributed by atoms with Gasteiger partial charge in [-0.15, -0.1) is 0 Å². The topological polar surface area (TPSA) is 61.9 Å². The maximum Gasteiger partial charge on any atom is 0.254 e. The van der Waals surface area contributed by atoms with Crippen molar-refractivity contribution in [1.29, 1.82) is 0 Å². The molecule has 0 spiro atoms. The van der Waals surface area contributed by atoms with Gasteiger partial charge in [0, 0.05) is 35.1 Å². The zero-order chi connectivity index (χ0) is 18.2. The van der Waals surface area contributed by atoms with E-state index >= 15 is 0 Å². The summed E-state index contributed by atoms with van der Waals surface area (Å²) in [4.78, 5) is 19.8. The third-order valence-electron chi connectivity index (χ3n) is 5.65. The number of aromatic amines is 1. The number of amides is 1. The van der Waals surface area contributed by atoms with Crippen molar-refractivity contribution < 1.29 is 4.79 Å². The molecule has 1 atom stereocenters. The number of fused-ring (bicyclic) bond motifs is 1. The monoisotopic (exact) mass is 358 g/mol. The van der Waals surface area contributed by atoms with Crippen LogP contribution in [0.5, 0.6) is 0 Å². The van der Waals surface area contributed by atoms with Crippen molar-refractivity contribution in [2.24, 2.45) is 0 Å². The maximum absolute atomic E-state index is 13.3. The first-order valence-corrected chi connectivity index (χ1v) is 9.65. The maximum atomic E-state index is 13.3. The Bertz CT molecular complexity index is 944. The molecule has 1 N–H and O–H groups in total. The molecule has 2 heterocycles. The molecule has 5 nitrogen and oxygen atoms in total. The van der Waals surface area contributed by atoms with Crippen molar-refractivity contribution in [3.8, 4) is 11.3 Å². The van der Waals surface area contributed by atoms with Crippen LogP contribution in [-0.4, -0.2) is 38.1 Å². The first-order chi connectivity index (χ1) is 13.3. The molecule has 1 amide bonds. The predicted molar refractivity (Wildman–Crippen MR) is 103 cm³/mol. The quantitative estimate of drug-likeness (QED) is 0.775. The highest BCUT2D eigenvalue weighted by Crippen LogP contribution is 2.34. The van der Waals surface area contributed by atoms with Crippen LogP contribution in [0.1, 0.15) is 40.9 Å². The Morgan fingerprint density at radius 3 is 2.63 bits per heavy atom. The van der Waals surface area contributed by atoms with Crippen molar-refractivity contribution in [2.45, 2.75) is 44.2 Å². The first kappa shape index (κ1) is 16.2. The zero-order valence-corrected chi connectivity index (χ0v) is 15.1. The van der Waals surface area contributed by atoms with Gasteiger partial charge in [0.15, 0.2) is 0 Å². The number of hydrogen-bond acceptors (Lipinski definition) is 3. The van der Waals surface area contributed by atoms with Crippen molar-refractivity contribution in [1.82, 2.24) is 20.1 Å². The molecule has 136 valence electrons. The summed E-state index contributed by atoms with van der Waals surface area (Å²) in [6.07, 6.45) is 8.81. The van der Waals surface area contributed by atoms with Crippen LogP contribution < -0.4 is 0 Å². The lowest BCUT2D eigenvalue weighted by Crippen LogP contribution is -2.44. The second-order valence-electron chi connectivity index (χ2n) is 7.51. The minimum atomic E-state index is 0.155. The molecule has 1 saturated carbocycles. The summed E-state index contributed by atoms with van der Waals surface area (Å²) in [5.41, 5.74) is 5.21. The van der Waals surface area contributed by atoms with Gasteiger partial charge < -0.3 is 4.90 Å². The van der Waals surface area contributed by atoms with Gasteiger partial charge in [0.25, 0.3) is 5.91 Å². The Hall–Kier alpha value is -2.95. The lowest BCUT2D eigenvalue weighted by Gasteiger charge is -2.34. The number of aryl methyl sites for hydroxylation is 1. The van der Waals surface area contributed by atoms with Crippen LogP contribution in [0.3, 0.4) is 0 Å². The minimum absolute atomic E-state index is 0.155. The van der Waals surface area contributed by atoms with Crippen LogP contribution in [0.2, 0.25) is 0 Å². The van der Waals surface area contributed by atoms with E-state index in [1.165, 1.54) is 11.3 Å². The molecular weight excluding hydrogens is 336 g/mol. The number of nitrogens with zero attached hydrogens (tertiary/aromatic N) is 3. The molecule has 1 unspecified atom stereocenters. The van der Waals surface area contributed by atoms with E-state index < -0.39 is 0 Å². The molecular formula is C22H22N4O. The standard InChI is InChI=1S/C22H22N4O/c27-22(16-6-4-15(5-7-16)20-3-1-2-12-23-20)26(18-8-9-18)19-10-11-21-17(13-19)14-24-25-21/h1-7,12,14,18-19H,8-11,13H2,(H,24,25). The third-order valence-corrected chi connectivity index (χ3v) is 5.65. The van der Waals surface area contributed by atoms with E-state index in [1.807, 2.05) is 48.7 Å². The third kappa shape index (κ3) is 3.14. The number of hydrogen-bond donors (Lipinski definition) is 1. The summed E-state index contributed by atoms with van der Waals surface area (Å²) in [6, 6.07) is 14.4. The van der Waals surface area contributed by atoms with Gasteiger partial charge in [-0.2, -0.15) is 5.10 Å². The highest BCUT2D eigenvalue weighted by Gasteiger charge is 2.39. The van der Waals surface area contributed by atoms with Gasteiger partial charge in [-0.3, -0.25) is 14.9 Å². The first-order valence-electron chi connectivity index (χ1n) is 9.65. The fraction of sp³-hybridized carbons (Fsp3) is 0.318. The highest BCUT2D eigenvalue weighted by molar-refractivity contribution is 5.95. The normalized spacial score (nSPS) is 18.7. The van der Waals surface area contributed by atoms with E-state index in [1.54, 1.807) is 6.20 Å². The number of carbonyl (C=O) groups excluding carboxylic acids is 1. The second kappa shape index (κ2) is 6.65. The van der Waals surface area contributed by atoms with E-state index in [4.69, 9.17) is 0 Å². The van der Waals surface area contributed by atoms with Crippen LogP contribution in [-0.2, 0) is 12.8 Å². The Labute approximate surface area is 158 Å². The Morgan fingerprint density at radius 1 is 1.04 bits per heavy atom. The molecule has 0 saturated heterocycles. The number of aromatic nitrogens is 3. The summed E-state index contributed by atoms with van der Waals surface area (Å²) in [7, 11) is 0. The van der Waals surface area contributed by atoms with Crippen LogP contribution in [0.25, 0.3) is 11.3 Å². The smallest absolute Gasteiger partial charge is 0.254 e. The van der Waals surface area contributed by atoms with E-state index in [9.17, 15) is 4.79 Å². The molecule has 1 aromatic carbocycles. The van der Waals surface area contributed by atoms with Crippen molar-refractivity contribution in [2.75, 3.05) is 0 Å². The molecule has 5 heteroatoms. The number of benzene rings is 1. The second-order valence-corrected chi connectivity index (χ2v) is 7.51. The van der Waals surface area contributed by atoms with Crippen molar-refractivity contribution >= 4 is 5.91 Å². The molecule has 27 heavy (non-hydrogen) atoms. The Morgan fingerprint density at radius 2 is 1.89 bits per heavy atom. The van der Waals surface area contributed by atoms with Crippen LogP contribution in [0.4, 0.5) is 0 Å². The molecule has 5 rings (SSSR count). The largest absolute Gasteiger partial charge is 0.332 e. The molecule has 2 aliphatic rings. The average Bonchev–Trinajstić information content (AvgIpc) is 3.44. The van der Waals surface area contributed by atoms with Gasteiger partial charge in [0.05, 0.1) is 11.9 Å². The Balaban J connectivity index is 1.38. The van der Waals surface area contributed by atoms with Crippen molar-refractivity contribution in [3.63, 3.8) is 0 Å². The fourth-order valence-corrected chi connectivity index (χ4v) is 4.08. The summed E-state index contributed by atoms with van der Waals surface area (Å²) in [6.45, 7) is 0. The van der Waals surface area contributed by atoms with Gasteiger partial charge in [-0.05, 0) is 61.9 Å². The fourth-order valence-electron chi connectivity index (χ4n) is 4.08. The Kier molecular flexibility index (Phi) is 4.00. The number of pyridine rings is 1. The lowest BCUT2D eigenvalue weighted by molar-refractivity contribution is 0.0643. The van der Waals surface area contributed by atoms with Gasteiger partial charge in [0.2, 0.25) is 0 Å². The lowest BCUT2D eigenvalue weighted by atomic mass is 9.91. The van der Waals surface area contributed by atoms with Gasteiger partial charge in [-0.25, -0.2) is 0 Å². The number of H-pyrrole nitrogens is 1. The SMILES string of the molecule is O=C(c1ccc(-c2ccccn2)cc1)N(C1CC1)C1CCc2[nH]ncc2C1. The van der Waals surface area contributed by atoms with E-state index in [-0.39, 0.29) is 11.9 Å². The number of rotatable bonds is 4. The molecule has 3 aromatic rings. The van der Waals surface area contributed by atoms with Crippen LogP contribution in [0.15, 0.2) is 54.9 Å². The number of carbonyl (C=O) groups is 1. The van der Waals surface area contributed by atoms with Gasteiger partial charge >= 0.3 is 0 Å². The molecule has 0 bridgehead atoms. The zero-order valence-electron chi connectivity index (χ0n) is 15.1. The summed E-state index contributed by atoms with van der Waals surface area (Å²) < 4.78 is 0. The molecule has 2 aliphatic carbocycles.